The Morgan fingerprint density at radius 1 is 1.05 bits per heavy atom. The number of nitrogens with two attached hydrogens (primary N) is 1. The molecule has 2 N–H and O–H groups in total. The molecule has 2 aromatic rings. The molecule has 0 saturated carbocycles. The van der Waals surface area contributed by atoms with Crippen LogP contribution in [0.25, 0.3) is 0 Å². The number of rotatable bonds is 3. The number of hydrogen-bond donors (Lipinski definition) is 1. The second kappa shape index (κ2) is 6.15. The van der Waals surface area contributed by atoms with E-state index in [-0.39, 0.29) is 0 Å². The third kappa shape index (κ3) is 3.83. The summed E-state index contributed by atoms with van der Waals surface area (Å²) in [5, 5.41) is 0. The third-order valence-electron chi connectivity index (χ3n) is 3.14. The molecule has 6 heteroatoms. The lowest BCUT2D eigenvalue weighted by molar-refractivity contribution is -0.137. The molecule has 112 valence electrons. The molecular weight excluding hydrogens is 350 g/mol. The lowest BCUT2D eigenvalue weighted by atomic mass is 9.98. The minimum absolute atomic E-state index is 0.323. The molecule has 0 aliphatic carbocycles. The molecule has 0 spiro atoms. The lowest BCUT2D eigenvalue weighted by Crippen LogP contribution is -2.14. The Hall–Kier alpha value is -1.40. The molecule has 2 aromatic carbocycles. The van der Waals surface area contributed by atoms with E-state index in [0.29, 0.717) is 22.0 Å². The van der Waals surface area contributed by atoms with Crippen LogP contribution in [0.1, 0.15) is 22.7 Å². The molecule has 0 saturated heterocycles. The van der Waals surface area contributed by atoms with Crippen molar-refractivity contribution < 1.29 is 17.6 Å². The van der Waals surface area contributed by atoms with E-state index in [1.54, 1.807) is 12.1 Å². The standard InChI is InChI=1S/C15H12BrF4N/c16-14-10(2-1-3-12(14)17)8-13(21)9-4-6-11(7-5-9)15(18,19)20/h1-7,13H,8,21H2. The van der Waals surface area contributed by atoms with Gasteiger partial charge in [-0.25, -0.2) is 4.39 Å². The Morgan fingerprint density at radius 2 is 1.67 bits per heavy atom. The number of hydrogen-bond acceptors (Lipinski definition) is 1. The minimum atomic E-state index is -4.37. The van der Waals surface area contributed by atoms with Crippen LogP contribution in [-0.4, -0.2) is 0 Å². The fourth-order valence-corrected chi connectivity index (χ4v) is 2.41. The zero-order valence-electron chi connectivity index (χ0n) is 10.8. The van der Waals surface area contributed by atoms with Gasteiger partial charge in [0.2, 0.25) is 0 Å². The molecule has 1 atom stereocenters. The second-order valence-corrected chi connectivity index (χ2v) is 5.44. The van der Waals surface area contributed by atoms with Gasteiger partial charge in [-0.2, -0.15) is 13.2 Å². The van der Waals surface area contributed by atoms with Crippen LogP contribution in [0.3, 0.4) is 0 Å². The van der Waals surface area contributed by atoms with Crippen LogP contribution in [-0.2, 0) is 12.6 Å². The highest BCUT2D eigenvalue weighted by atomic mass is 79.9. The number of benzene rings is 2. The van der Waals surface area contributed by atoms with Gasteiger partial charge in [0.1, 0.15) is 5.82 Å². The largest absolute Gasteiger partial charge is 0.416 e. The molecule has 0 aliphatic heterocycles. The van der Waals surface area contributed by atoms with Crippen LogP contribution in [0, 0.1) is 5.82 Å². The van der Waals surface area contributed by atoms with Gasteiger partial charge in [0.25, 0.3) is 0 Å². The Balaban J connectivity index is 2.17. The van der Waals surface area contributed by atoms with Crippen LogP contribution >= 0.6 is 15.9 Å². The average molecular weight is 362 g/mol. The van der Waals surface area contributed by atoms with Crippen LogP contribution in [0.5, 0.6) is 0 Å². The van der Waals surface area contributed by atoms with E-state index in [4.69, 9.17) is 5.73 Å². The van der Waals surface area contributed by atoms with E-state index < -0.39 is 23.6 Å². The first-order chi connectivity index (χ1) is 9.79. The summed E-state index contributed by atoms with van der Waals surface area (Å²) >= 11 is 3.14. The SMILES string of the molecule is NC(Cc1cccc(F)c1Br)c1ccc(C(F)(F)F)cc1. The molecular formula is C15H12BrF4N. The van der Waals surface area contributed by atoms with Gasteiger partial charge >= 0.3 is 6.18 Å². The van der Waals surface area contributed by atoms with Gasteiger partial charge in [-0.3, -0.25) is 0 Å². The molecule has 0 bridgehead atoms. The van der Waals surface area contributed by atoms with Gasteiger partial charge in [0.05, 0.1) is 10.0 Å². The van der Waals surface area contributed by atoms with Crippen LogP contribution in [0.15, 0.2) is 46.9 Å². The van der Waals surface area contributed by atoms with Crippen molar-refractivity contribution in [1.82, 2.24) is 0 Å². The summed E-state index contributed by atoms with van der Waals surface area (Å²) in [6, 6.07) is 8.78. The fourth-order valence-electron chi connectivity index (χ4n) is 1.98. The van der Waals surface area contributed by atoms with Gasteiger partial charge in [0.15, 0.2) is 0 Å². The predicted octanol–water partition coefficient (Wildman–Crippen LogP) is 4.85. The zero-order valence-corrected chi connectivity index (χ0v) is 12.4. The predicted molar refractivity (Wildman–Crippen MR) is 76.2 cm³/mol. The summed E-state index contributed by atoms with van der Waals surface area (Å²) in [5.74, 6) is -0.396. The maximum absolute atomic E-state index is 13.4. The first-order valence-corrected chi connectivity index (χ1v) is 6.94. The highest BCUT2D eigenvalue weighted by molar-refractivity contribution is 9.10. The zero-order chi connectivity index (χ0) is 15.6. The van der Waals surface area contributed by atoms with Crippen molar-refractivity contribution >= 4 is 15.9 Å². The highest BCUT2D eigenvalue weighted by Gasteiger charge is 2.30. The summed E-state index contributed by atoms with van der Waals surface area (Å²) in [6.07, 6.45) is -4.04. The van der Waals surface area contributed by atoms with E-state index >= 15 is 0 Å². The van der Waals surface area contributed by atoms with Gasteiger partial charge in [-0.05, 0) is 51.7 Å². The van der Waals surface area contributed by atoms with Crippen molar-refractivity contribution in [3.63, 3.8) is 0 Å². The van der Waals surface area contributed by atoms with E-state index in [2.05, 4.69) is 15.9 Å². The van der Waals surface area contributed by atoms with Gasteiger partial charge in [-0.1, -0.05) is 24.3 Å². The Labute approximate surface area is 127 Å². The summed E-state index contributed by atoms with van der Waals surface area (Å²) in [7, 11) is 0. The Kier molecular flexibility index (Phi) is 4.68. The summed E-state index contributed by atoms with van der Waals surface area (Å²) in [5.41, 5.74) is 6.50. The first kappa shape index (κ1) is 16.0. The maximum Gasteiger partial charge on any atom is 0.416 e. The monoisotopic (exact) mass is 361 g/mol. The van der Waals surface area contributed by atoms with Gasteiger partial charge in [0, 0.05) is 6.04 Å². The molecule has 2 rings (SSSR count). The van der Waals surface area contributed by atoms with Crippen LogP contribution in [0.2, 0.25) is 0 Å². The van der Waals surface area contributed by atoms with E-state index in [1.165, 1.54) is 18.2 Å². The van der Waals surface area contributed by atoms with Crippen molar-refractivity contribution in [1.29, 1.82) is 0 Å². The summed E-state index contributed by atoms with van der Waals surface area (Å²) < 4.78 is 51.2. The van der Waals surface area contributed by atoms with Crippen LogP contribution < -0.4 is 5.73 Å². The molecule has 21 heavy (non-hydrogen) atoms. The smallest absolute Gasteiger partial charge is 0.324 e. The quantitative estimate of drug-likeness (QED) is 0.777. The Bertz CT molecular complexity index is 623. The topological polar surface area (TPSA) is 26.0 Å². The first-order valence-electron chi connectivity index (χ1n) is 6.14. The average Bonchev–Trinajstić information content (AvgIpc) is 2.43. The second-order valence-electron chi connectivity index (χ2n) is 4.64. The number of alkyl halides is 3. The van der Waals surface area contributed by atoms with Crippen LogP contribution in [0.4, 0.5) is 17.6 Å². The number of halogens is 5. The van der Waals surface area contributed by atoms with Crippen molar-refractivity contribution in [3.05, 3.63) is 69.4 Å². The molecule has 0 fully saturated rings. The van der Waals surface area contributed by atoms with E-state index in [0.717, 1.165) is 12.1 Å². The molecule has 1 nitrogen and oxygen atoms in total. The lowest BCUT2D eigenvalue weighted by Gasteiger charge is -2.15. The van der Waals surface area contributed by atoms with E-state index in [1.807, 2.05) is 0 Å². The Morgan fingerprint density at radius 3 is 2.24 bits per heavy atom. The summed E-state index contributed by atoms with van der Waals surface area (Å²) in [6.45, 7) is 0. The molecule has 1 unspecified atom stereocenters. The molecule has 0 radical (unpaired) electrons. The normalized spacial score (nSPS) is 13.2. The molecule has 0 heterocycles. The van der Waals surface area contributed by atoms with Crippen molar-refractivity contribution in [2.75, 3.05) is 0 Å². The molecule has 0 amide bonds. The maximum atomic E-state index is 13.4. The minimum Gasteiger partial charge on any atom is -0.324 e. The third-order valence-corrected chi connectivity index (χ3v) is 4.03. The van der Waals surface area contributed by atoms with Crippen molar-refractivity contribution in [3.8, 4) is 0 Å². The van der Waals surface area contributed by atoms with Gasteiger partial charge < -0.3 is 5.73 Å². The van der Waals surface area contributed by atoms with Gasteiger partial charge in [-0.15, -0.1) is 0 Å². The van der Waals surface area contributed by atoms with Crippen molar-refractivity contribution in [2.24, 2.45) is 5.73 Å². The highest BCUT2D eigenvalue weighted by Crippen LogP contribution is 2.30. The summed E-state index contributed by atoms with van der Waals surface area (Å²) in [4.78, 5) is 0. The van der Waals surface area contributed by atoms with E-state index in [9.17, 15) is 17.6 Å². The molecule has 0 aliphatic rings. The molecule has 0 aromatic heterocycles. The van der Waals surface area contributed by atoms with Crippen molar-refractivity contribution in [2.45, 2.75) is 18.6 Å². The fraction of sp³-hybridized carbons (Fsp3) is 0.200.